The first-order valence-electron chi connectivity index (χ1n) is 6.19. The molecule has 0 aliphatic heterocycles. The van der Waals surface area contributed by atoms with Crippen molar-refractivity contribution in [2.24, 2.45) is 5.92 Å². The molecular formula is C12H19N3O2. The van der Waals surface area contributed by atoms with E-state index in [4.69, 9.17) is 0 Å². The second-order valence-electron chi connectivity index (χ2n) is 4.56. The van der Waals surface area contributed by atoms with Crippen molar-refractivity contribution >= 4 is 5.82 Å². The lowest BCUT2D eigenvalue weighted by atomic mass is 10.2. The molecule has 94 valence electrons. The number of aromatic nitrogens is 2. The van der Waals surface area contributed by atoms with Crippen molar-refractivity contribution in [2.75, 3.05) is 11.9 Å². The normalized spacial score (nSPS) is 16.8. The summed E-state index contributed by atoms with van der Waals surface area (Å²) < 4.78 is 1.64. The molecule has 1 atom stereocenters. The maximum atomic E-state index is 11.9. The molecule has 17 heavy (non-hydrogen) atoms. The van der Waals surface area contributed by atoms with Gasteiger partial charge in [-0.25, -0.2) is 4.98 Å². The lowest BCUT2D eigenvalue weighted by molar-refractivity contribution is 0.164. The van der Waals surface area contributed by atoms with Crippen LogP contribution < -0.4 is 10.9 Å². The number of hydrogen-bond acceptors (Lipinski definition) is 4. The van der Waals surface area contributed by atoms with Gasteiger partial charge >= 0.3 is 0 Å². The molecular weight excluding hydrogens is 218 g/mol. The molecule has 0 radical (unpaired) electrons. The number of aliphatic hydroxyl groups excluding tert-OH is 1. The predicted molar refractivity (Wildman–Crippen MR) is 66.0 cm³/mol. The van der Waals surface area contributed by atoms with E-state index in [2.05, 4.69) is 10.3 Å². The molecule has 1 heterocycles. The highest BCUT2D eigenvalue weighted by atomic mass is 16.3. The molecule has 0 spiro atoms. The van der Waals surface area contributed by atoms with Crippen molar-refractivity contribution < 1.29 is 5.11 Å². The lowest BCUT2D eigenvalue weighted by Gasteiger charge is -2.11. The average molecular weight is 237 g/mol. The Morgan fingerprint density at radius 3 is 3.06 bits per heavy atom. The van der Waals surface area contributed by atoms with E-state index in [1.165, 1.54) is 0 Å². The number of aliphatic hydroxyl groups is 1. The Morgan fingerprint density at radius 2 is 2.41 bits per heavy atom. The SMILES string of the molecule is CCCn1ccnc(NCC(O)C2CC2)c1=O. The third-order valence-corrected chi connectivity index (χ3v) is 3.02. The van der Waals surface area contributed by atoms with Gasteiger partial charge in [0.15, 0.2) is 5.82 Å². The highest BCUT2D eigenvalue weighted by Crippen LogP contribution is 2.32. The maximum Gasteiger partial charge on any atom is 0.293 e. The van der Waals surface area contributed by atoms with Gasteiger partial charge in [0.1, 0.15) is 0 Å². The summed E-state index contributed by atoms with van der Waals surface area (Å²) in [6, 6.07) is 0. The summed E-state index contributed by atoms with van der Waals surface area (Å²) >= 11 is 0. The summed E-state index contributed by atoms with van der Waals surface area (Å²) in [5, 5.41) is 12.7. The molecule has 2 N–H and O–H groups in total. The summed E-state index contributed by atoms with van der Waals surface area (Å²) in [4.78, 5) is 15.9. The molecule has 1 aliphatic carbocycles. The van der Waals surface area contributed by atoms with Crippen LogP contribution in [0.5, 0.6) is 0 Å². The zero-order valence-corrected chi connectivity index (χ0v) is 10.1. The number of rotatable bonds is 6. The van der Waals surface area contributed by atoms with Gasteiger partial charge in [0, 0.05) is 25.5 Å². The first-order chi connectivity index (χ1) is 8.22. The topological polar surface area (TPSA) is 67.2 Å². The van der Waals surface area contributed by atoms with Gasteiger partial charge in [-0.05, 0) is 25.2 Å². The van der Waals surface area contributed by atoms with E-state index >= 15 is 0 Å². The Balaban J connectivity index is 1.99. The molecule has 0 aromatic carbocycles. The zero-order valence-electron chi connectivity index (χ0n) is 10.1. The summed E-state index contributed by atoms with van der Waals surface area (Å²) in [6.07, 6.45) is 6.03. The van der Waals surface area contributed by atoms with Crippen LogP contribution in [0.1, 0.15) is 26.2 Å². The second kappa shape index (κ2) is 5.31. The van der Waals surface area contributed by atoms with Crippen LogP contribution >= 0.6 is 0 Å². The Hall–Kier alpha value is -1.36. The Labute approximate surface area is 100 Å². The molecule has 1 aromatic rings. The van der Waals surface area contributed by atoms with Gasteiger partial charge < -0.3 is 15.0 Å². The van der Waals surface area contributed by atoms with E-state index in [0.717, 1.165) is 19.3 Å². The second-order valence-corrected chi connectivity index (χ2v) is 4.56. The van der Waals surface area contributed by atoms with Crippen LogP contribution in [-0.4, -0.2) is 27.3 Å². The van der Waals surface area contributed by atoms with Gasteiger partial charge in [0.25, 0.3) is 5.56 Å². The third-order valence-electron chi connectivity index (χ3n) is 3.02. The minimum absolute atomic E-state index is 0.114. The van der Waals surface area contributed by atoms with Crippen molar-refractivity contribution in [1.29, 1.82) is 0 Å². The number of anilines is 1. The maximum absolute atomic E-state index is 11.9. The van der Waals surface area contributed by atoms with E-state index in [0.29, 0.717) is 24.8 Å². The van der Waals surface area contributed by atoms with Gasteiger partial charge in [0.2, 0.25) is 0 Å². The van der Waals surface area contributed by atoms with Crippen LogP contribution in [-0.2, 0) is 6.54 Å². The molecule has 2 rings (SSSR count). The van der Waals surface area contributed by atoms with E-state index in [1.54, 1.807) is 17.0 Å². The summed E-state index contributed by atoms with van der Waals surface area (Å²) in [7, 11) is 0. The quantitative estimate of drug-likeness (QED) is 0.769. The fourth-order valence-electron chi connectivity index (χ4n) is 1.83. The van der Waals surface area contributed by atoms with Crippen LogP contribution in [0.4, 0.5) is 5.82 Å². The summed E-state index contributed by atoms with van der Waals surface area (Å²) in [6.45, 7) is 3.13. The van der Waals surface area contributed by atoms with Crippen LogP contribution in [0.2, 0.25) is 0 Å². The molecule has 5 nitrogen and oxygen atoms in total. The Kier molecular flexibility index (Phi) is 3.78. The molecule has 0 saturated heterocycles. The Morgan fingerprint density at radius 1 is 1.65 bits per heavy atom. The van der Waals surface area contributed by atoms with E-state index in [1.807, 2.05) is 6.92 Å². The van der Waals surface area contributed by atoms with Crippen molar-refractivity contribution in [3.63, 3.8) is 0 Å². The van der Waals surface area contributed by atoms with Crippen molar-refractivity contribution in [2.45, 2.75) is 38.8 Å². The minimum Gasteiger partial charge on any atom is -0.391 e. The van der Waals surface area contributed by atoms with Gasteiger partial charge in [-0.2, -0.15) is 0 Å². The molecule has 0 amide bonds. The average Bonchev–Trinajstić information content (AvgIpc) is 3.14. The predicted octanol–water partition coefficient (Wildman–Crippen LogP) is 0.836. The summed E-state index contributed by atoms with van der Waals surface area (Å²) in [5.74, 6) is 0.740. The molecule has 0 bridgehead atoms. The highest BCUT2D eigenvalue weighted by Gasteiger charge is 2.29. The number of aryl methyl sites for hydroxylation is 1. The van der Waals surface area contributed by atoms with E-state index < -0.39 is 0 Å². The molecule has 1 saturated carbocycles. The first kappa shape index (κ1) is 12.1. The molecule has 1 fully saturated rings. The standard InChI is InChI=1S/C12H19N3O2/c1-2-6-15-7-5-13-11(12(15)17)14-8-10(16)9-3-4-9/h5,7,9-10,16H,2-4,6,8H2,1H3,(H,13,14). The molecule has 1 aromatic heterocycles. The smallest absolute Gasteiger partial charge is 0.293 e. The van der Waals surface area contributed by atoms with Crippen molar-refractivity contribution in [3.8, 4) is 0 Å². The first-order valence-corrected chi connectivity index (χ1v) is 6.19. The number of nitrogens with zero attached hydrogens (tertiary/aromatic N) is 2. The van der Waals surface area contributed by atoms with E-state index in [-0.39, 0.29) is 11.7 Å². The van der Waals surface area contributed by atoms with Crippen LogP contribution in [0.25, 0.3) is 0 Å². The van der Waals surface area contributed by atoms with E-state index in [9.17, 15) is 9.90 Å². The number of hydrogen-bond donors (Lipinski definition) is 2. The largest absolute Gasteiger partial charge is 0.391 e. The van der Waals surface area contributed by atoms with Crippen LogP contribution in [0.15, 0.2) is 17.2 Å². The monoisotopic (exact) mass is 237 g/mol. The number of nitrogens with one attached hydrogen (secondary N) is 1. The van der Waals surface area contributed by atoms with Gasteiger partial charge in [-0.15, -0.1) is 0 Å². The van der Waals surface area contributed by atoms with Crippen molar-refractivity contribution in [3.05, 3.63) is 22.7 Å². The van der Waals surface area contributed by atoms with Gasteiger partial charge in [0.05, 0.1) is 6.10 Å². The minimum atomic E-state index is -0.365. The highest BCUT2D eigenvalue weighted by molar-refractivity contribution is 5.30. The fraction of sp³-hybridized carbons (Fsp3) is 0.667. The lowest BCUT2D eigenvalue weighted by Crippen LogP contribution is -2.28. The Bertz CT molecular complexity index is 426. The molecule has 5 heteroatoms. The molecule has 1 unspecified atom stereocenters. The van der Waals surface area contributed by atoms with Gasteiger partial charge in [-0.1, -0.05) is 6.92 Å². The van der Waals surface area contributed by atoms with Crippen molar-refractivity contribution in [1.82, 2.24) is 9.55 Å². The van der Waals surface area contributed by atoms with Crippen LogP contribution in [0, 0.1) is 5.92 Å². The van der Waals surface area contributed by atoms with Gasteiger partial charge in [-0.3, -0.25) is 4.79 Å². The fourth-order valence-corrected chi connectivity index (χ4v) is 1.83. The van der Waals surface area contributed by atoms with Crippen LogP contribution in [0.3, 0.4) is 0 Å². The molecule has 1 aliphatic rings. The zero-order chi connectivity index (χ0) is 12.3. The summed E-state index contributed by atoms with van der Waals surface area (Å²) in [5.41, 5.74) is -0.114. The third kappa shape index (κ3) is 3.06.